The molecule has 0 saturated heterocycles. The minimum atomic E-state index is -0.110. The number of aliphatic hydroxyl groups excluding tert-OH is 1. The van der Waals surface area contributed by atoms with E-state index >= 15 is 0 Å². The van der Waals surface area contributed by atoms with Crippen LogP contribution >= 0.6 is 0 Å². The van der Waals surface area contributed by atoms with Crippen molar-refractivity contribution < 1.29 is 5.11 Å². The summed E-state index contributed by atoms with van der Waals surface area (Å²) >= 11 is 0. The second-order valence-corrected chi connectivity index (χ2v) is 6.60. The van der Waals surface area contributed by atoms with Crippen molar-refractivity contribution in [1.82, 2.24) is 9.55 Å². The van der Waals surface area contributed by atoms with Gasteiger partial charge in [0.05, 0.1) is 23.2 Å². The van der Waals surface area contributed by atoms with Crippen LogP contribution in [0.4, 0.5) is 11.6 Å². The SMILES string of the molecule is CCc1ccc2nc(Nc3ccc(CO)cc3)n(-c3ccccc3)c(=O)c2c1. The maximum Gasteiger partial charge on any atom is 0.267 e. The van der Waals surface area contributed by atoms with Crippen molar-refractivity contribution >= 4 is 22.5 Å². The number of aliphatic hydroxyl groups is 1. The summed E-state index contributed by atoms with van der Waals surface area (Å²) in [4.78, 5) is 18.1. The van der Waals surface area contributed by atoms with E-state index in [0.717, 1.165) is 28.9 Å². The number of aromatic nitrogens is 2. The minimum absolute atomic E-state index is 0.0109. The summed E-state index contributed by atoms with van der Waals surface area (Å²) in [5, 5.41) is 13.1. The molecule has 2 N–H and O–H groups in total. The van der Waals surface area contributed by atoms with Crippen molar-refractivity contribution in [2.75, 3.05) is 5.32 Å². The monoisotopic (exact) mass is 371 g/mol. The molecule has 5 nitrogen and oxygen atoms in total. The summed E-state index contributed by atoms with van der Waals surface area (Å²) in [5.41, 5.74) is 4.01. The zero-order valence-electron chi connectivity index (χ0n) is 15.6. The maximum atomic E-state index is 13.4. The third-order valence-corrected chi connectivity index (χ3v) is 4.75. The number of nitrogens with one attached hydrogen (secondary N) is 1. The summed E-state index contributed by atoms with van der Waals surface area (Å²) in [7, 11) is 0. The van der Waals surface area contributed by atoms with Crippen LogP contribution in [0.25, 0.3) is 16.6 Å². The van der Waals surface area contributed by atoms with Crippen molar-refractivity contribution in [3.05, 3.63) is 94.3 Å². The van der Waals surface area contributed by atoms with Crippen LogP contribution in [0.3, 0.4) is 0 Å². The van der Waals surface area contributed by atoms with E-state index in [1.165, 1.54) is 0 Å². The van der Waals surface area contributed by atoms with E-state index in [0.29, 0.717) is 16.9 Å². The molecule has 3 aromatic carbocycles. The van der Waals surface area contributed by atoms with Crippen LogP contribution in [0.2, 0.25) is 0 Å². The number of benzene rings is 3. The van der Waals surface area contributed by atoms with Gasteiger partial charge >= 0.3 is 0 Å². The van der Waals surface area contributed by atoms with Crippen molar-refractivity contribution in [2.45, 2.75) is 20.0 Å². The Morgan fingerprint density at radius 3 is 2.36 bits per heavy atom. The first-order valence-corrected chi connectivity index (χ1v) is 9.27. The number of para-hydroxylation sites is 1. The lowest BCUT2D eigenvalue weighted by Gasteiger charge is -2.15. The van der Waals surface area contributed by atoms with Gasteiger partial charge in [-0.3, -0.25) is 4.79 Å². The number of aryl methyl sites for hydroxylation is 1. The number of fused-ring (bicyclic) bond motifs is 1. The minimum Gasteiger partial charge on any atom is -0.392 e. The first-order chi connectivity index (χ1) is 13.7. The fraction of sp³-hybridized carbons (Fsp3) is 0.130. The lowest BCUT2D eigenvalue weighted by atomic mass is 10.1. The lowest BCUT2D eigenvalue weighted by Crippen LogP contribution is -2.23. The van der Waals surface area contributed by atoms with E-state index in [1.807, 2.05) is 72.8 Å². The summed E-state index contributed by atoms with van der Waals surface area (Å²) in [6.07, 6.45) is 0.859. The Labute approximate surface area is 162 Å². The van der Waals surface area contributed by atoms with Crippen LogP contribution in [0.15, 0.2) is 77.6 Å². The van der Waals surface area contributed by atoms with Gasteiger partial charge in [-0.2, -0.15) is 0 Å². The zero-order valence-corrected chi connectivity index (χ0v) is 15.6. The van der Waals surface area contributed by atoms with Crippen LogP contribution < -0.4 is 10.9 Å². The highest BCUT2D eigenvalue weighted by Crippen LogP contribution is 2.21. The Hall–Kier alpha value is -3.44. The van der Waals surface area contributed by atoms with E-state index in [9.17, 15) is 9.90 Å². The Bertz CT molecular complexity index is 1170. The second kappa shape index (κ2) is 7.66. The third kappa shape index (κ3) is 3.40. The fourth-order valence-electron chi connectivity index (χ4n) is 3.18. The van der Waals surface area contributed by atoms with Gasteiger partial charge in [0.1, 0.15) is 0 Å². The third-order valence-electron chi connectivity index (χ3n) is 4.75. The van der Waals surface area contributed by atoms with E-state index in [4.69, 9.17) is 4.98 Å². The second-order valence-electron chi connectivity index (χ2n) is 6.60. The summed E-state index contributed by atoms with van der Waals surface area (Å²) in [6.45, 7) is 2.05. The number of hydrogen-bond donors (Lipinski definition) is 2. The van der Waals surface area contributed by atoms with Gasteiger partial charge in [0, 0.05) is 5.69 Å². The average molecular weight is 371 g/mol. The predicted octanol–water partition coefficient (Wildman–Crippen LogP) is 4.18. The molecule has 0 amide bonds. The fourth-order valence-corrected chi connectivity index (χ4v) is 3.18. The highest BCUT2D eigenvalue weighted by molar-refractivity contribution is 5.80. The molecule has 0 fully saturated rings. The predicted molar refractivity (Wildman–Crippen MR) is 112 cm³/mol. The number of anilines is 2. The Morgan fingerprint density at radius 1 is 0.964 bits per heavy atom. The van der Waals surface area contributed by atoms with Gasteiger partial charge in [0.2, 0.25) is 5.95 Å². The molecule has 4 rings (SSSR count). The number of hydrogen-bond acceptors (Lipinski definition) is 4. The summed E-state index contributed by atoms with van der Waals surface area (Å²) in [6, 6.07) is 22.7. The van der Waals surface area contributed by atoms with Gasteiger partial charge < -0.3 is 10.4 Å². The highest BCUT2D eigenvalue weighted by Gasteiger charge is 2.13. The van der Waals surface area contributed by atoms with Crippen LogP contribution in [0.5, 0.6) is 0 Å². The van der Waals surface area contributed by atoms with Crippen molar-refractivity contribution in [2.24, 2.45) is 0 Å². The largest absolute Gasteiger partial charge is 0.392 e. The summed E-state index contributed by atoms with van der Waals surface area (Å²) in [5.74, 6) is 0.449. The molecule has 4 aromatic rings. The molecule has 0 radical (unpaired) electrons. The maximum absolute atomic E-state index is 13.4. The van der Waals surface area contributed by atoms with Crippen LogP contribution in [0.1, 0.15) is 18.1 Å². The normalized spacial score (nSPS) is 10.9. The number of nitrogens with zero attached hydrogens (tertiary/aromatic N) is 2. The van der Waals surface area contributed by atoms with E-state index in [2.05, 4.69) is 12.2 Å². The number of rotatable bonds is 5. The molecule has 0 bridgehead atoms. The van der Waals surface area contributed by atoms with Crippen LogP contribution in [0, 0.1) is 0 Å². The van der Waals surface area contributed by atoms with Gasteiger partial charge in [0.15, 0.2) is 0 Å². The van der Waals surface area contributed by atoms with Gasteiger partial charge in [-0.25, -0.2) is 9.55 Å². The molecule has 0 saturated carbocycles. The molecule has 1 aromatic heterocycles. The lowest BCUT2D eigenvalue weighted by molar-refractivity contribution is 0.282. The van der Waals surface area contributed by atoms with E-state index < -0.39 is 0 Å². The molecule has 0 unspecified atom stereocenters. The molecular formula is C23H21N3O2. The molecule has 0 atom stereocenters. The molecule has 0 aliphatic carbocycles. The zero-order chi connectivity index (χ0) is 19.5. The molecule has 0 aliphatic heterocycles. The van der Waals surface area contributed by atoms with Crippen molar-refractivity contribution in [3.8, 4) is 5.69 Å². The molecule has 28 heavy (non-hydrogen) atoms. The highest BCUT2D eigenvalue weighted by atomic mass is 16.3. The molecule has 1 heterocycles. The Balaban J connectivity index is 1.91. The smallest absolute Gasteiger partial charge is 0.267 e. The van der Waals surface area contributed by atoms with Crippen molar-refractivity contribution in [1.29, 1.82) is 0 Å². The van der Waals surface area contributed by atoms with Crippen LogP contribution in [-0.4, -0.2) is 14.7 Å². The molecule has 5 heteroatoms. The molecular weight excluding hydrogens is 350 g/mol. The van der Waals surface area contributed by atoms with Crippen LogP contribution in [-0.2, 0) is 13.0 Å². The van der Waals surface area contributed by atoms with Gasteiger partial charge in [0.25, 0.3) is 5.56 Å². The Morgan fingerprint density at radius 2 is 1.68 bits per heavy atom. The van der Waals surface area contributed by atoms with Gasteiger partial charge in [-0.1, -0.05) is 43.3 Å². The Kier molecular flexibility index (Phi) is 4.91. The quantitative estimate of drug-likeness (QED) is 0.552. The van der Waals surface area contributed by atoms with E-state index in [1.54, 1.807) is 4.57 Å². The molecule has 140 valence electrons. The molecule has 0 spiro atoms. The standard InChI is InChI=1S/C23H21N3O2/c1-2-16-10-13-21-20(14-16)22(28)26(19-6-4-3-5-7-19)23(25-21)24-18-11-8-17(15-27)9-12-18/h3-14,27H,2,15H2,1H3,(H,24,25). The van der Waals surface area contributed by atoms with Gasteiger partial charge in [-0.15, -0.1) is 0 Å². The first-order valence-electron chi connectivity index (χ1n) is 9.27. The summed E-state index contributed by atoms with van der Waals surface area (Å²) < 4.78 is 1.60. The topological polar surface area (TPSA) is 67.2 Å². The van der Waals surface area contributed by atoms with E-state index in [-0.39, 0.29) is 12.2 Å². The molecule has 0 aliphatic rings. The van der Waals surface area contributed by atoms with Gasteiger partial charge in [-0.05, 0) is 53.9 Å². The average Bonchev–Trinajstić information content (AvgIpc) is 2.75. The van der Waals surface area contributed by atoms with Crippen molar-refractivity contribution in [3.63, 3.8) is 0 Å². The first kappa shape index (κ1) is 17.9.